The van der Waals surface area contributed by atoms with Gasteiger partial charge in [-0.25, -0.2) is 19.2 Å². The van der Waals surface area contributed by atoms with Crippen LogP contribution in [0.4, 0.5) is 41.9 Å². The van der Waals surface area contributed by atoms with Gasteiger partial charge in [0, 0.05) is 156 Å². The monoisotopic (exact) mass is 1580 g/mol. The largest absolute Gasteiger partial charge is 0.381 e. The van der Waals surface area contributed by atoms with Gasteiger partial charge in [-0.05, 0) is 162 Å². The van der Waals surface area contributed by atoms with Gasteiger partial charge >= 0.3 is 24.1 Å². The summed E-state index contributed by atoms with van der Waals surface area (Å²) in [5, 5.41) is 46.9. The minimum atomic E-state index is -0.785. The van der Waals surface area contributed by atoms with Crippen molar-refractivity contribution in [3.05, 3.63) is 93.4 Å². The number of imide groups is 4. The minimum Gasteiger partial charge on any atom is -0.381 e. The molecule has 9 saturated heterocycles. The molecule has 4 aromatic carbocycles. The fourth-order valence-electron chi connectivity index (χ4n) is 18.0. The predicted octanol–water partition coefficient (Wildman–Crippen LogP) is 11.5. The standard InChI is InChI=1S/C21H26ClN5O2.C20H24ClN5O3.C18H20ClN5O2.C18H22ClN5O2/c22-15-10-17-16(12-23-25-17)18(11-15)26-8-6-21(7-9-26)19(28)27(20(29)24-21)13-14-4-2-1-3-5-14;21-14-9-16-15(11-22-24-16)17(10-14)25-5-3-20(4-6-25)18(27)26(19(28)23-20)12-13-1-7-29-8-2-13;19-12-7-14-13(9-20-22-14)15(8-12)23-5-3-18(4-6-23)16(25)24(17(26)21-18)10-11-1-2-11;1-11(2)10-24-16(25)18(21-17(24)26)3-5-23(6-4-18)15-8-12(19)7-14-13(15)9-20-22-14/h10-12,14H,1-9,13H2,(H,23,25)(H,24,29);9-11,13H,1-8,12H2,(H,22,24)(H,23,28);7-9,11H,1-6,10H2,(H,20,22)(H,21,26);7-9,11H,3-6,10H2,1-2H3,(H,20,22)(H,21,26). The lowest BCUT2D eigenvalue weighted by molar-refractivity contribution is -0.133. The summed E-state index contributed by atoms with van der Waals surface area (Å²) in [7, 11) is 0. The molecule has 0 unspecified atom stereocenters. The Labute approximate surface area is 655 Å². The number of aromatic amines is 4. The van der Waals surface area contributed by atoms with Crippen LogP contribution in [0.2, 0.25) is 20.1 Å². The number of H-pyrrole nitrogens is 4. The number of aromatic nitrogens is 8. The molecule has 0 atom stereocenters. The lowest BCUT2D eigenvalue weighted by Gasteiger charge is -2.38. The molecule has 11 fully saturated rings. The number of rotatable bonds is 12. The molecule has 13 heterocycles. The lowest BCUT2D eigenvalue weighted by atomic mass is 9.86. The van der Waals surface area contributed by atoms with Crippen LogP contribution in [0.5, 0.6) is 0 Å². The Hall–Kier alpha value is -9.16. The Bertz CT molecular complexity index is 4570. The highest BCUT2D eigenvalue weighted by Crippen LogP contribution is 2.43. The van der Waals surface area contributed by atoms with Gasteiger partial charge in [0.05, 0.1) is 46.9 Å². The first kappa shape index (κ1) is 74.9. The highest BCUT2D eigenvalue weighted by atomic mass is 35.5. The Kier molecular flexibility index (Phi) is 20.8. The number of nitrogens with zero attached hydrogens (tertiary/aromatic N) is 12. The number of halogens is 4. The number of fused-ring (bicyclic) bond motifs is 4. The van der Waals surface area contributed by atoms with Crippen molar-refractivity contribution >= 4 is 161 Å². The van der Waals surface area contributed by atoms with Gasteiger partial charge in [-0.1, -0.05) is 79.5 Å². The lowest BCUT2D eigenvalue weighted by Crippen LogP contribution is -2.55. The third-order valence-corrected chi connectivity index (χ3v) is 25.3. The van der Waals surface area contributed by atoms with Gasteiger partial charge in [0.2, 0.25) is 0 Å². The van der Waals surface area contributed by atoms with Crippen molar-refractivity contribution in [3.63, 3.8) is 0 Å². The van der Waals surface area contributed by atoms with E-state index in [-0.39, 0.29) is 53.7 Å². The maximum absolute atomic E-state index is 13.2. The van der Waals surface area contributed by atoms with Gasteiger partial charge in [-0.3, -0.25) is 59.2 Å². The van der Waals surface area contributed by atoms with Crippen molar-refractivity contribution in [2.45, 2.75) is 145 Å². The highest BCUT2D eigenvalue weighted by molar-refractivity contribution is 6.33. The number of piperidine rings is 4. The van der Waals surface area contributed by atoms with Gasteiger partial charge in [-0.2, -0.15) is 20.4 Å². The fraction of sp³-hybridized carbons (Fsp3) is 0.532. The number of anilines is 4. The maximum atomic E-state index is 13.2. The smallest absolute Gasteiger partial charge is 0.325 e. The summed E-state index contributed by atoms with van der Waals surface area (Å²) in [6.45, 7) is 12.9. The van der Waals surface area contributed by atoms with Crippen LogP contribution in [-0.4, -0.2) is 222 Å². The SMILES string of the molecule is CC(C)CN1C(=O)NC2(CCN(c3cc(Cl)cc4[nH]ncc34)CC2)C1=O.O=C1NC2(CCN(c3cc(Cl)cc4[nH]ncc34)CC2)C(=O)N1CC1CC1.O=C1NC2(CCN(c3cc(Cl)cc4[nH]ncc34)CC2)C(=O)N1CC1CCCCC1.O=C1NC2(CCN(c3cc(Cl)cc4[nH]ncc34)CC2)C(=O)N1CC1CCOCC1. The zero-order chi connectivity index (χ0) is 76.4. The molecule has 8 aromatic rings. The van der Waals surface area contributed by atoms with E-state index in [1.165, 1.54) is 38.9 Å². The van der Waals surface area contributed by atoms with E-state index in [4.69, 9.17) is 51.1 Å². The van der Waals surface area contributed by atoms with Crippen molar-refractivity contribution < 1.29 is 43.1 Å². The third-order valence-electron chi connectivity index (χ3n) is 24.5. The molecule has 2 saturated carbocycles. The number of hydrogen-bond donors (Lipinski definition) is 8. The number of nitrogens with one attached hydrogen (secondary N) is 8. The number of hydrogen-bond acceptors (Lipinski definition) is 17. The molecule has 19 rings (SSSR count). The molecule has 0 radical (unpaired) electrons. The van der Waals surface area contributed by atoms with Crippen molar-refractivity contribution in [3.8, 4) is 0 Å². The normalized spacial score (nSPS) is 22.0. The van der Waals surface area contributed by atoms with Crippen LogP contribution in [0, 0.1) is 23.7 Å². The molecule has 4 spiro atoms. The molecule has 9 aliphatic heterocycles. The zero-order valence-corrected chi connectivity index (χ0v) is 64.7. The molecular weight excluding hydrogens is 1490 g/mol. The molecular formula is C77H92Cl4N20O9. The Balaban J connectivity index is 0.000000112. The molecule has 8 N–H and O–H groups in total. The summed E-state index contributed by atoms with van der Waals surface area (Å²) in [6, 6.07) is 14.2. The summed E-state index contributed by atoms with van der Waals surface area (Å²) in [4.78, 5) is 117. The summed E-state index contributed by atoms with van der Waals surface area (Å²) >= 11 is 25.0. The Morgan fingerprint density at radius 2 is 0.636 bits per heavy atom. The molecule has 11 aliphatic rings. The predicted molar refractivity (Wildman–Crippen MR) is 420 cm³/mol. The average molecular weight is 1580 g/mol. The number of carbonyl (C=O) groups excluding carboxylic acids is 8. The van der Waals surface area contributed by atoms with E-state index in [2.05, 4.69) is 81.7 Å². The van der Waals surface area contributed by atoms with E-state index >= 15 is 0 Å². The fourth-order valence-corrected chi connectivity index (χ4v) is 18.9. The first-order chi connectivity index (χ1) is 53.1. The van der Waals surface area contributed by atoms with E-state index in [0.29, 0.717) is 181 Å². The van der Waals surface area contributed by atoms with Gasteiger partial charge < -0.3 is 45.6 Å². The molecule has 582 valence electrons. The van der Waals surface area contributed by atoms with Crippen LogP contribution < -0.4 is 40.9 Å². The van der Waals surface area contributed by atoms with Gasteiger partial charge in [-0.15, -0.1) is 0 Å². The third kappa shape index (κ3) is 14.7. The number of amides is 12. The van der Waals surface area contributed by atoms with Gasteiger partial charge in [0.1, 0.15) is 22.2 Å². The summed E-state index contributed by atoms with van der Waals surface area (Å²) < 4.78 is 5.39. The topological polar surface area (TPSA) is 335 Å². The summed E-state index contributed by atoms with van der Waals surface area (Å²) in [5.74, 6) is 1.29. The van der Waals surface area contributed by atoms with Crippen LogP contribution >= 0.6 is 46.4 Å². The van der Waals surface area contributed by atoms with Crippen LogP contribution in [0.1, 0.15) is 123 Å². The van der Waals surface area contributed by atoms with E-state index in [1.54, 1.807) is 24.8 Å². The first-order valence-electron chi connectivity index (χ1n) is 38.7. The van der Waals surface area contributed by atoms with Crippen LogP contribution in [-0.2, 0) is 23.9 Å². The Morgan fingerprint density at radius 3 is 0.918 bits per heavy atom. The highest BCUT2D eigenvalue weighted by Gasteiger charge is 2.57. The molecule has 110 heavy (non-hydrogen) atoms. The average Bonchev–Trinajstić information content (AvgIpc) is 1.61. The van der Waals surface area contributed by atoms with Crippen molar-refractivity contribution in [1.82, 2.24) is 81.7 Å². The van der Waals surface area contributed by atoms with Crippen molar-refractivity contribution in [2.24, 2.45) is 23.7 Å². The molecule has 4 aromatic heterocycles. The van der Waals surface area contributed by atoms with Crippen molar-refractivity contribution in [2.75, 3.05) is 111 Å². The number of carbonyl (C=O) groups is 8. The Morgan fingerprint density at radius 1 is 0.373 bits per heavy atom. The minimum absolute atomic E-state index is 0.0349. The maximum Gasteiger partial charge on any atom is 0.325 e. The summed E-state index contributed by atoms with van der Waals surface area (Å²) in [6.07, 6.45) is 21.9. The van der Waals surface area contributed by atoms with Gasteiger partial charge in [0.15, 0.2) is 0 Å². The number of benzene rings is 4. The van der Waals surface area contributed by atoms with Crippen LogP contribution in [0.25, 0.3) is 43.6 Å². The second-order valence-electron chi connectivity index (χ2n) is 32.1. The second kappa shape index (κ2) is 30.5. The van der Waals surface area contributed by atoms with Gasteiger partial charge in [0.25, 0.3) is 23.6 Å². The second-order valence-corrected chi connectivity index (χ2v) is 33.8. The van der Waals surface area contributed by atoms with E-state index in [1.807, 2.05) is 62.4 Å². The first-order valence-corrected chi connectivity index (χ1v) is 40.2. The van der Waals surface area contributed by atoms with E-state index in [0.717, 1.165) is 105 Å². The van der Waals surface area contributed by atoms with Crippen LogP contribution in [0.3, 0.4) is 0 Å². The number of ether oxygens (including phenoxy) is 1. The van der Waals surface area contributed by atoms with E-state index < -0.39 is 22.2 Å². The quantitative estimate of drug-likeness (QED) is 0.0527. The zero-order valence-electron chi connectivity index (χ0n) is 61.7. The van der Waals surface area contributed by atoms with E-state index in [9.17, 15) is 38.4 Å². The summed E-state index contributed by atoms with van der Waals surface area (Å²) in [5.41, 5.74) is 4.58. The van der Waals surface area contributed by atoms with Crippen LogP contribution in [0.15, 0.2) is 73.3 Å². The number of urea groups is 4. The molecule has 29 nitrogen and oxygen atoms in total. The molecule has 2 aliphatic carbocycles. The molecule has 12 amide bonds. The molecule has 33 heteroatoms. The van der Waals surface area contributed by atoms with Crippen molar-refractivity contribution in [1.29, 1.82) is 0 Å². The molecule has 0 bridgehead atoms.